The molecule has 1 aliphatic heterocycles. The average Bonchev–Trinajstić information content (AvgIpc) is 2.16. The van der Waals surface area contributed by atoms with Crippen LogP contribution >= 0.6 is 0 Å². The zero-order valence-corrected chi connectivity index (χ0v) is 9.38. The molecule has 1 aliphatic rings. The van der Waals surface area contributed by atoms with E-state index in [4.69, 9.17) is 4.74 Å². The van der Waals surface area contributed by atoms with Crippen molar-refractivity contribution in [3.63, 3.8) is 0 Å². The van der Waals surface area contributed by atoms with Gasteiger partial charge in [-0.25, -0.2) is 0 Å². The Morgan fingerprint density at radius 2 is 2.29 bits per heavy atom. The zero-order valence-electron chi connectivity index (χ0n) is 9.38. The second-order valence-corrected chi connectivity index (χ2v) is 4.51. The van der Waals surface area contributed by atoms with Crippen LogP contribution in [0.2, 0.25) is 0 Å². The minimum Gasteiger partial charge on any atom is -0.469 e. The summed E-state index contributed by atoms with van der Waals surface area (Å²) in [6.07, 6.45) is 2.22. The van der Waals surface area contributed by atoms with Crippen LogP contribution in [0.5, 0.6) is 0 Å². The molecule has 0 radical (unpaired) electrons. The van der Waals surface area contributed by atoms with Gasteiger partial charge in [0, 0.05) is 6.54 Å². The lowest BCUT2D eigenvalue weighted by Crippen LogP contribution is -2.41. The van der Waals surface area contributed by atoms with E-state index in [1.54, 1.807) is 0 Å². The number of piperidine rings is 1. The standard InChI is InChI=1S/C11H21NO2/c1-8(2)6-9-4-5-12-7-10(9)11(13)14-3/h8-10,12H,4-7H2,1-3H3/t9-,10+/m0/s1. The van der Waals surface area contributed by atoms with Crippen molar-refractivity contribution in [2.75, 3.05) is 20.2 Å². The van der Waals surface area contributed by atoms with Gasteiger partial charge in [0.1, 0.15) is 0 Å². The first-order valence-corrected chi connectivity index (χ1v) is 5.43. The third-order valence-electron chi connectivity index (χ3n) is 2.90. The van der Waals surface area contributed by atoms with Crippen LogP contribution in [-0.2, 0) is 9.53 Å². The molecule has 1 rings (SSSR count). The Morgan fingerprint density at radius 3 is 2.86 bits per heavy atom. The molecule has 0 aromatic carbocycles. The number of hydrogen-bond donors (Lipinski definition) is 1. The van der Waals surface area contributed by atoms with E-state index in [2.05, 4.69) is 19.2 Å². The molecule has 3 nitrogen and oxygen atoms in total. The first-order chi connectivity index (χ1) is 6.65. The molecule has 1 heterocycles. The smallest absolute Gasteiger partial charge is 0.310 e. The fraction of sp³-hybridized carbons (Fsp3) is 0.909. The molecule has 1 fully saturated rings. The lowest BCUT2D eigenvalue weighted by atomic mass is 9.81. The minimum atomic E-state index is -0.0529. The fourth-order valence-corrected chi connectivity index (χ4v) is 2.23. The molecule has 0 bridgehead atoms. The predicted octanol–water partition coefficient (Wildman–Crippen LogP) is 1.43. The number of carbonyl (C=O) groups excluding carboxylic acids is 1. The van der Waals surface area contributed by atoms with Crippen molar-refractivity contribution in [1.29, 1.82) is 0 Å². The Balaban J connectivity index is 2.54. The molecule has 0 saturated carbocycles. The van der Waals surface area contributed by atoms with Crippen molar-refractivity contribution >= 4 is 5.97 Å². The Morgan fingerprint density at radius 1 is 1.57 bits per heavy atom. The molecule has 1 saturated heterocycles. The van der Waals surface area contributed by atoms with Gasteiger partial charge in [0.2, 0.25) is 0 Å². The SMILES string of the molecule is COC(=O)[C@@H]1CNCC[C@H]1CC(C)C. The summed E-state index contributed by atoms with van der Waals surface area (Å²) in [5, 5.41) is 3.25. The summed E-state index contributed by atoms with van der Waals surface area (Å²) < 4.78 is 4.82. The molecule has 14 heavy (non-hydrogen) atoms. The molecule has 0 amide bonds. The number of methoxy groups -OCH3 is 1. The van der Waals surface area contributed by atoms with Gasteiger partial charge in [0.05, 0.1) is 13.0 Å². The number of carbonyl (C=O) groups is 1. The van der Waals surface area contributed by atoms with Gasteiger partial charge in [-0.05, 0) is 31.2 Å². The van der Waals surface area contributed by atoms with E-state index >= 15 is 0 Å². The summed E-state index contributed by atoms with van der Waals surface area (Å²) >= 11 is 0. The number of esters is 1. The van der Waals surface area contributed by atoms with Crippen molar-refractivity contribution in [3.8, 4) is 0 Å². The Bertz CT molecular complexity index is 192. The number of rotatable bonds is 3. The van der Waals surface area contributed by atoms with Crippen molar-refractivity contribution in [1.82, 2.24) is 5.32 Å². The topological polar surface area (TPSA) is 38.3 Å². The van der Waals surface area contributed by atoms with E-state index in [1.807, 2.05) is 0 Å². The van der Waals surface area contributed by atoms with E-state index in [0.717, 1.165) is 25.9 Å². The highest BCUT2D eigenvalue weighted by Crippen LogP contribution is 2.26. The number of hydrogen-bond acceptors (Lipinski definition) is 3. The van der Waals surface area contributed by atoms with Gasteiger partial charge in [-0.15, -0.1) is 0 Å². The zero-order chi connectivity index (χ0) is 10.6. The highest BCUT2D eigenvalue weighted by molar-refractivity contribution is 5.73. The van der Waals surface area contributed by atoms with Crippen molar-refractivity contribution in [2.45, 2.75) is 26.7 Å². The summed E-state index contributed by atoms with van der Waals surface area (Å²) in [5.74, 6) is 1.17. The van der Waals surface area contributed by atoms with Crippen molar-refractivity contribution in [2.24, 2.45) is 17.8 Å². The van der Waals surface area contributed by atoms with Gasteiger partial charge in [0.25, 0.3) is 0 Å². The van der Waals surface area contributed by atoms with Gasteiger partial charge in [-0.2, -0.15) is 0 Å². The van der Waals surface area contributed by atoms with Gasteiger partial charge < -0.3 is 10.1 Å². The van der Waals surface area contributed by atoms with Crippen LogP contribution in [0.4, 0.5) is 0 Å². The predicted molar refractivity (Wildman–Crippen MR) is 55.9 cm³/mol. The highest BCUT2D eigenvalue weighted by atomic mass is 16.5. The minimum absolute atomic E-state index is 0.0529. The van der Waals surface area contributed by atoms with Crippen LogP contribution in [-0.4, -0.2) is 26.2 Å². The van der Waals surface area contributed by atoms with Crippen LogP contribution < -0.4 is 5.32 Å². The number of ether oxygens (including phenoxy) is 1. The fourth-order valence-electron chi connectivity index (χ4n) is 2.23. The molecular weight excluding hydrogens is 178 g/mol. The van der Waals surface area contributed by atoms with E-state index in [1.165, 1.54) is 7.11 Å². The van der Waals surface area contributed by atoms with Crippen molar-refractivity contribution in [3.05, 3.63) is 0 Å². The highest BCUT2D eigenvalue weighted by Gasteiger charge is 2.31. The lowest BCUT2D eigenvalue weighted by molar-refractivity contribution is -0.148. The summed E-state index contributed by atoms with van der Waals surface area (Å²) in [4.78, 5) is 11.5. The second kappa shape index (κ2) is 5.35. The van der Waals surface area contributed by atoms with Gasteiger partial charge in [0.15, 0.2) is 0 Å². The summed E-state index contributed by atoms with van der Waals surface area (Å²) in [6.45, 7) is 6.22. The summed E-state index contributed by atoms with van der Waals surface area (Å²) in [5.41, 5.74) is 0. The molecule has 1 N–H and O–H groups in total. The van der Waals surface area contributed by atoms with Crippen LogP contribution in [0.3, 0.4) is 0 Å². The van der Waals surface area contributed by atoms with Crippen LogP contribution in [0.15, 0.2) is 0 Å². The van der Waals surface area contributed by atoms with Gasteiger partial charge >= 0.3 is 5.97 Å². The van der Waals surface area contributed by atoms with Crippen LogP contribution in [0.1, 0.15) is 26.7 Å². The first-order valence-electron chi connectivity index (χ1n) is 5.43. The van der Waals surface area contributed by atoms with E-state index in [9.17, 15) is 4.79 Å². The maximum atomic E-state index is 11.5. The Kier molecular flexibility index (Phi) is 4.39. The molecule has 0 aromatic heterocycles. The average molecular weight is 199 g/mol. The summed E-state index contributed by atoms with van der Waals surface area (Å²) in [6, 6.07) is 0. The third-order valence-corrected chi connectivity index (χ3v) is 2.90. The van der Waals surface area contributed by atoms with Crippen molar-refractivity contribution < 1.29 is 9.53 Å². The van der Waals surface area contributed by atoms with E-state index in [-0.39, 0.29) is 11.9 Å². The summed E-state index contributed by atoms with van der Waals surface area (Å²) in [7, 11) is 1.48. The number of nitrogens with one attached hydrogen (secondary N) is 1. The normalized spacial score (nSPS) is 27.7. The maximum absolute atomic E-state index is 11.5. The van der Waals surface area contributed by atoms with Gasteiger partial charge in [-0.3, -0.25) is 4.79 Å². The molecule has 3 heteroatoms. The Labute approximate surface area is 86.2 Å². The maximum Gasteiger partial charge on any atom is 0.310 e. The third kappa shape index (κ3) is 2.98. The monoisotopic (exact) mass is 199 g/mol. The Hall–Kier alpha value is -0.570. The quantitative estimate of drug-likeness (QED) is 0.699. The van der Waals surface area contributed by atoms with E-state index in [0.29, 0.717) is 11.8 Å². The first kappa shape index (κ1) is 11.5. The molecule has 2 atom stereocenters. The molecule has 82 valence electrons. The molecule has 0 aliphatic carbocycles. The van der Waals surface area contributed by atoms with Gasteiger partial charge in [-0.1, -0.05) is 13.8 Å². The lowest BCUT2D eigenvalue weighted by Gasteiger charge is -2.31. The van der Waals surface area contributed by atoms with Crippen LogP contribution in [0, 0.1) is 17.8 Å². The van der Waals surface area contributed by atoms with E-state index < -0.39 is 0 Å². The molecular formula is C11H21NO2. The molecule has 0 spiro atoms. The molecule has 0 aromatic rings. The molecule has 0 unspecified atom stereocenters. The second-order valence-electron chi connectivity index (χ2n) is 4.51. The van der Waals surface area contributed by atoms with Crippen LogP contribution in [0.25, 0.3) is 0 Å². The largest absolute Gasteiger partial charge is 0.469 e.